The van der Waals surface area contributed by atoms with Gasteiger partial charge in [-0.05, 0) is 247 Å². The van der Waals surface area contributed by atoms with E-state index in [0.29, 0.717) is 18.4 Å². The molecule has 7 rings (SSSR count). The van der Waals surface area contributed by atoms with Crippen molar-refractivity contribution in [3.05, 3.63) is 154 Å². The lowest BCUT2D eigenvalue weighted by Gasteiger charge is -2.32. The first kappa shape index (κ1) is 95.4. The van der Waals surface area contributed by atoms with Crippen LogP contribution in [-0.4, -0.2) is 145 Å². The molecule has 0 aromatic carbocycles. The molecular weight excluding hydrogens is 1480 g/mol. The van der Waals surface area contributed by atoms with Gasteiger partial charge in [-0.25, -0.2) is 48.5 Å². The lowest BCUT2D eigenvalue weighted by molar-refractivity contribution is 0.00414. The number of rotatable bonds is 12. The second kappa shape index (κ2) is 40.1. The molecule has 0 aliphatic carbocycles. The Balaban J connectivity index is 0.000000464. The Kier molecular flexibility index (Phi) is 35.1. The van der Waals surface area contributed by atoms with Crippen molar-refractivity contribution in [2.45, 2.75) is 236 Å². The first-order valence-electron chi connectivity index (χ1n) is 33.8. The zero-order valence-electron chi connectivity index (χ0n) is 66.6. The number of carbonyl (C=O) groups excluding carboxylic acids is 7. The largest absolute Gasteiger partial charge is 0.514 e. The number of aryl methyl sites for hydroxylation is 1. The summed E-state index contributed by atoms with van der Waals surface area (Å²) in [6, 6.07) is 11.9. The fourth-order valence-electron chi connectivity index (χ4n) is 7.76. The molecule has 6 aromatic heterocycles. The summed E-state index contributed by atoms with van der Waals surface area (Å²) < 4.78 is 64.0. The van der Waals surface area contributed by atoms with Gasteiger partial charge in [0.05, 0.1) is 16.9 Å². The zero-order valence-corrected chi connectivity index (χ0v) is 68.8. The molecule has 0 radical (unpaired) electrons. The predicted octanol–water partition coefficient (Wildman–Crippen LogP) is 18.3. The number of halogens is 3. The number of ether oxygens (including phenoxy) is 10. The third kappa shape index (κ3) is 35.9. The van der Waals surface area contributed by atoms with Crippen LogP contribution in [0.4, 0.5) is 14.4 Å². The van der Waals surface area contributed by atoms with E-state index in [9.17, 15) is 43.8 Å². The van der Waals surface area contributed by atoms with Crippen LogP contribution < -0.4 is 14.2 Å². The van der Waals surface area contributed by atoms with Crippen molar-refractivity contribution in [2.24, 2.45) is 0 Å². The first-order chi connectivity index (χ1) is 49.7. The number of esters is 4. The van der Waals surface area contributed by atoms with E-state index in [1.807, 2.05) is 27.7 Å². The van der Waals surface area contributed by atoms with Crippen LogP contribution in [0.1, 0.15) is 232 Å². The SMILES string of the molecule is C=Cc1nccc(C(=O)OC(C)(C)C)c1O.C=Cc1nccc(C(=O)OC(C)(C)C)c1OC(=O)OC(C)(C)C.CC(C)(C)OC(=O)Oc1c(C(=O)OC(C)(C)C)ccnc1CCB1OC(C)(C)C(C)(C)O1.CC(C)(C)OC(=O)Oc1cccnc1Cl.CC(C)(C)OC(=O)c1ccnc(Cl)c1O.Oc1cccnc1Cl. The summed E-state index contributed by atoms with van der Waals surface area (Å²) >= 11 is 16.6. The Bertz CT molecular complexity index is 4090. The molecule has 1 saturated heterocycles. The van der Waals surface area contributed by atoms with Crippen LogP contribution in [-0.2, 0) is 48.9 Å². The van der Waals surface area contributed by atoms with E-state index in [0.717, 1.165) is 0 Å². The molecule has 3 N–H and O–H groups in total. The summed E-state index contributed by atoms with van der Waals surface area (Å²) in [6.45, 7) is 51.6. The molecule has 0 bridgehead atoms. The standard InChI is InChI=1S/C23H36BNO7.C17H23NO5.C12H15NO3.2C10H12ClNO3.C5H4ClNO/c1-20(2,3)29-18(26)15-12-14-25-16(17(15)28-19(27)30-21(4,5)6)11-13-24-31-22(7,8)23(9,10)32-24;1-8-12-13(21-15(20)23-17(5,6)7)11(9-10-18-12)14(19)22-16(2,3)4;1-5-9-10(14)8(6-7-13-9)11(15)16-12(2,3)4;1-10(2,3)15-9(14)6-4-5-12-8(11)7(6)13;1-10(2,3)15-9(13)14-7-5-4-6-12-8(7)11;6-5-4(8)2-1-3-7-5/h12,14H,11,13H2,1-10H3;8-10H,1H2,2-7H3;5-7,14H,1H2,2-4H3;4-5,13H,1-3H3;4-6H,1-3H3;1-3,8H. The highest BCUT2D eigenvalue weighted by Crippen LogP contribution is 2.39. The van der Waals surface area contributed by atoms with E-state index < -0.39 is 99.9 Å². The van der Waals surface area contributed by atoms with Crippen molar-refractivity contribution in [3.8, 4) is 34.5 Å². The third-order valence-electron chi connectivity index (χ3n) is 12.7. The molecule has 0 atom stereocenters. The molecule has 1 fully saturated rings. The number of aromatic hydroxyl groups is 3. The van der Waals surface area contributed by atoms with E-state index in [-0.39, 0.29) is 83.6 Å². The van der Waals surface area contributed by atoms with Crippen molar-refractivity contribution in [1.82, 2.24) is 29.9 Å². The van der Waals surface area contributed by atoms with E-state index in [1.54, 1.807) is 164 Å². The number of carbonyl (C=O) groups is 7. The fourth-order valence-corrected chi connectivity index (χ4v) is 8.20. The number of pyridine rings is 6. The summed E-state index contributed by atoms with van der Waals surface area (Å²) in [4.78, 5) is 107. The van der Waals surface area contributed by atoms with Gasteiger partial charge in [0, 0.05) is 37.2 Å². The Morgan fingerprint density at radius 3 is 1.13 bits per heavy atom. The van der Waals surface area contributed by atoms with E-state index in [2.05, 4.69) is 43.1 Å². The summed E-state index contributed by atoms with van der Waals surface area (Å²) in [5.74, 6) is -2.79. The van der Waals surface area contributed by atoms with Crippen molar-refractivity contribution in [3.63, 3.8) is 0 Å². The van der Waals surface area contributed by atoms with Crippen LogP contribution in [0.5, 0.6) is 34.5 Å². The molecule has 109 heavy (non-hydrogen) atoms. The van der Waals surface area contributed by atoms with Gasteiger partial charge in [0.2, 0.25) is 0 Å². The Labute approximate surface area is 653 Å². The minimum Gasteiger partial charge on any atom is -0.505 e. The second-order valence-electron chi connectivity index (χ2n) is 31.2. The molecule has 28 nitrogen and oxygen atoms in total. The van der Waals surface area contributed by atoms with Gasteiger partial charge in [-0.1, -0.05) is 48.0 Å². The number of hydrogen-bond acceptors (Lipinski definition) is 28. The van der Waals surface area contributed by atoms with Crippen LogP contribution in [0, 0.1) is 0 Å². The van der Waals surface area contributed by atoms with Gasteiger partial charge in [0.1, 0.15) is 72.8 Å². The second-order valence-corrected chi connectivity index (χ2v) is 32.3. The van der Waals surface area contributed by atoms with Gasteiger partial charge in [-0.15, -0.1) is 0 Å². The van der Waals surface area contributed by atoms with Gasteiger partial charge >= 0.3 is 49.5 Å². The van der Waals surface area contributed by atoms with Crippen LogP contribution in [0.3, 0.4) is 0 Å². The van der Waals surface area contributed by atoms with Crippen molar-refractivity contribution in [2.75, 3.05) is 0 Å². The maximum absolute atomic E-state index is 12.8. The normalized spacial score (nSPS) is 13.0. The smallest absolute Gasteiger partial charge is 0.505 e. The van der Waals surface area contributed by atoms with Gasteiger partial charge < -0.3 is 72.0 Å². The highest BCUT2D eigenvalue weighted by atomic mass is 35.5. The van der Waals surface area contributed by atoms with E-state index in [1.165, 1.54) is 79.7 Å². The Morgan fingerprint density at radius 1 is 0.413 bits per heavy atom. The summed E-state index contributed by atoms with van der Waals surface area (Å²) in [6.07, 6.45) is 9.61. The van der Waals surface area contributed by atoms with Gasteiger partial charge in [0.15, 0.2) is 50.0 Å². The molecule has 1 aliphatic heterocycles. The highest BCUT2D eigenvalue weighted by Gasteiger charge is 2.51. The van der Waals surface area contributed by atoms with E-state index >= 15 is 0 Å². The average Bonchev–Trinajstić information content (AvgIpc) is 1.69. The molecule has 0 unspecified atom stereocenters. The lowest BCUT2D eigenvalue weighted by Crippen LogP contribution is -2.41. The van der Waals surface area contributed by atoms with Gasteiger partial charge in [0.25, 0.3) is 0 Å². The zero-order chi connectivity index (χ0) is 83.8. The van der Waals surface area contributed by atoms with Crippen molar-refractivity contribution < 1.29 is 106 Å². The predicted molar refractivity (Wildman–Crippen MR) is 411 cm³/mol. The van der Waals surface area contributed by atoms with Crippen molar-refractivity contribution >= 4 is 96.4 Å². The molecule has 0 amide bonds. The molecule has 596 valence electrons. The number of aromatic nitrogens is 6. The summed E-state index contributed by atoms with van der Waals surface area (Å²) in [7, 11) is -0.457. The number of nitrogens with zero attached hydrogens (tertiary/aromatic N) is 6. The molecular formula is C77H102BCl3N6O22. The fraction of sp³-hybridized carbons (Fsp3) is 0.468. The van der Waals surface area contributed by atoms with Crippen LogP contribution >= 0.6 is 34.8 Å². The van der Waals surface area contributed by atoms with Crippen LogP contribution in [0.2, 0.25) is 21.8 Å². The van der Waals surface area contributed by atoms with E-state index in [4.69, 9.17) is 96.6 Å². The minimum absolute atomic E-state index is 0.0184. The molecule has 32 heteroatoms. The van der Waals surface area contributed by atoms with Gasteiger partial charge in [-0.3, -0.25) is 15.0 Å². The molecule has 7 heterocycles. The quantitative estimate of drug-likeness (QED) is 0.0443. The Hall–Kier alpha value is -9.68. The average molecular weight is 1580 g/mol. The highest BCUT2D eigenvalue weighted by molar-refractivity contribution is 6.45. The maximum atomic E-state index is 12.8. The summed E-state index contributed by atoms with van der Waals surface area (Å²) in [5, 5.41) is 28.1. The van der Waals surface area contributed by atoms with Crippen molar-refractivity contribution in [1.29, 1.82) is 0 Å². The van der Waals surface area contributed by atoms with Gasteiger partial charge in [-0.2, -0.15) is 0 Å². The number of hydrogen-bond donors (Lipinski definition) is 3. The topological polar surface area (TPSA) is 368 Å². The molecule has 6 aromatic rings. The first-order valence-corrected chi connectivity index (χ1v) is 35.0. The van der Waals surface area contributed by atoms with Crippen LogP contribution in [0.25, 0.3) is 12.2 Å². The molecule has 0 spiro atoms. The van der Waals surface area contributed by atoms with Crippen LogP contribution in [0.15, 0.2) is 98.9 Å². The lowest BCUT2D eigenvalue weighted by atomic mass is 9.82. The third-order valence-corrected chi connectivity index (χ3v) is 13.6. The Morgan fingerprint density at radius 2 is 0.743 bits per heavy atom. The summed E-state index contributed by atoms with van der Waals surface area (Å²) in [5.41, 5.74) is -4.37. The monoisotopic (exact) mass is 1580 g/mol. The maximum Gasteiger partial charge on any atom is 0.514 e. The minimum atomic E-state index is -0.932. The molecule has 0 saturated carbocycles. The molecule has 1 aliphatic rings.